The minimum atomic E-state index is -1.12. The van der Waals surface area contributed by atoms with Crippen LogP contribution >= 0.6 is 0 Å². The summed E-state index contributed by atoms with van der Waals surface area (Å²) in [6, 6.07) is -1.35. The van der Waals surface area contributed by atoms with Gasteiger partial charge in [0.2, 0.25) is 0 Å². The molecule has 1 aliphatic carbocycles. The number of carbonyl (C=O) groups is 2. The molecule has 0 aromatic heterocycles. The number of carboxylic acid groups (broad SMARTS) is 1. The Hall–Kier alpha value is -1.30. The number of nitrogens with zero attached hydrogens (tertiary/aromatic N) is 1. The van der Waals surface area contributed by atoms with Crippen molar-refractivity contribution in [2.24, 2.45) is 5.92 Å². The average molecular weight is 258 g/mol. The topological polar surface area (TPSA) is 89.9 Å². The van der Waals surface area contributed by atoms with E-state index in [-0.39, 0.29) is 25.1 Å². The Bertz CT molecular complexity index is 302. The molecule has 0 aliphatic heterocycles. The van der Waals surface area contributed by atoms with Gasteiger partial charge in [-0.1, -0.05) is 0 Å². The molecule has 104 valence electrons. The highest BCUT2D eigenvalue weighted by Crippen LogP contribution is 2.30. The SMILES string of the molecule is CC(C)N(CC1CC1)C(=O)NC(CCO)C(=O)O. The van der Waals surface area contributed by atoms with Crippen LogP contribution in [0.1, 0.15) is 33.1 Å². The highest BCUT2D eigenvalue weighted by atomic mass is 16.4. The second kappa shape index (κ2) is 6.58. The summed E-state index contributed by atoms with van der Waals surface area (Å²) in [6.45, 7) is 4.23. The van der Waals surface area contributed by atoms with E-state index in [1.807, 2.05) is 13.8 Å². The molecule has 2 amide bonds. The van der Waals surface area contributed by atoms with Gasteiger partial charge in [-0.2, -0.15) is 0 Å². The van der Waals surface area contributed by atoms with E-state index >= 15 is 0 Å². The zero-order valence-corrected chi connectivity index (χ0v) is 10.9. The summed E-state index contributed by atoms with van der Waals surface area (Å²) in [7, 11) is 0. The predicted molar refractivity (Wildman–Crippen MR) is 66.2 cm³/mol. The summed E-state index contributed by atoms with van der Waals surface area (Å²) in [5.74, 6) is -0.563. The van der Waals surface area contributed by atoms with Crippen molar-refractivity contribution in [1.82, 2.24) is 10.2 Å². The molecule has 0 saturated heterocycles. The summed E-state index contributed by atoms with van der Waals surface area (Å²) in [5.41, 5.74) is 0. The smallest absolute Gasteiger partial charge is 0.326 e. The maximum Gasteiger partial charge on any atom is 0.326 e. The number of aliphatic carboxylic acids is 1. The van der Waals surface area contributed by atoms with E-state index in [0.717, 1.165) is 12.8 Å². The van der Waals surface area contributed by atoms with Crippen molar-refractivity contribution in [2.75, 3.05) is 13.2 Å². The Morgan fingerprint density at radius 2 is 2.00 bits per heavy atom. The van der Waals surface area contributed by atoms with Gasteiger partial charge < -0.3 is 20.4 Å². The van der Waals surface area contributed by atoms with E-state index in [1.165, 1.54) is 0 Å². The molecule has 0 bridgehead atoms. The Kier molecular flexibility index (Phi) is 5.40. The molecule has 1 fully saturated rings. The van der Waals surface area contributed by atoms with Gasteiger partial charge in [-0.3, -0.25) is 0 Å². The lowest BCUT2D eigenvalue weighted by atomic mass is 10.2. The van der Waals surface area contributed by atoms with Gasteiger partial charge in [0.15, 0.2) is 0 Å². The van der Waals surface area contributed by atoms with E-state index in [4.69, 9.17) is 10.2 Å². The second-order valence-corrected chi connectivity index (χ2v) is 5.04. The van der Waals surface area contributed by atoms with Crippen molar-refractivity contribution in [1.29, 1.82) is 0 Å². The largest absolute Gasteiger partial charge is 0.480 e. The van der Waals surface area contributed by atoms with E-state index in [9.17, 15) is 9.59 Å². The number of aliphatic hydroxyl groups excluding tert-OH is 1. The van der Waals surface area contributed by atoms with Crippen molar-refractivity contribution in [3.63, 3.8) is 0 Å². The van der Waals surface area contributed by atoms with Crippen LogP contribution in [0.15, 0.2) is 0 Å². The van der Waals surface area contributed by atoms with Crippen LogP contribution in [0, 0.1) is 5.92 Å². The minimum Gasteiger partial charge on any atom is -0.480 e. The number of urea groups is 1. The van der Waals surface area contributed by atoms with Crippen LogP contribution in [0.25, 0.3) is 0 Å². The van der Waals surface area contributed by atoms with E-state index < -0.39 is 12.0 Å². The zero-order valence-electron chi connectivity index (χ0n) is 10.9. The number of carboxylic acids is 1. The third-order valence-corrected chi connectivity index (χ3v) is 3.05. The molecule has 18 heavy (non-hydrogen) atoms. The van der Waals surface area contributed by atoms with Gasteiger partial charge in [0, 0.05) is 25.6 Å². The Labute approximate surface area is 107 Å². The normalized spacial score (nSPS) is 16.4. The molecule has 1 aliphatic rings. The van der Waals surface area contributed by atoms with E-state index in [1.54, 1.807) is 4.90 Å². The summed E-state index contributed by atoms with van der Waals surface area (Å²) in [5, 5.41) is 20.2. The number of aliphatic hydroxyl groups is 1. The molecule has 0 spiro atoms. The predicted octanol–water partition coefficient (Wildman–Crippen LogP) is 0.652. The number of amides is 2. The minimum absolute atomic E-state index is 0.0242. The fourth-order valence-electron chi connectivity index (χ4n) is 1.73. The Balaban J connectivity index is 2.55. The molecule has 1 unspecified atom stereocenters. The third-order valence-electron chi connectivity index (χ3n) is 3.05. The molecule has 6 heteroatoms. The number of hydrogen-bond acceptors (Lipinski definition) is 3. The fourth-order valence-corrected chi connectivity index (χ4v) is 1.73. The van der Waals surface area contributed by atoms with E-state index in [0.29, 0.717) is 12.5 Å². The molecule has 0 radical (unpaired) electrons. The lowest BCUT2D eigenvalue weighted by Crippen LogP contribution is -2.51. The van der Waals surface area contributed by atoms with Crippen LogP contribution in [0.5, 0.6) is 0 Å². The van der Waals surface area contributed by atoms with Gasteiger partial charge in [0.25, 0.3) is 0 Å². The molecule has 1 atom stereocenters. The molecule has 3 N–H and O–H groups in total. The third kappa shape index (κ3) is 4.52. The van der Waals surface area contributed by atoms with Crippen molar-refractivity contribution >= 4 is 12.0 Å². The van der Waals surface area contributed by atoms with Gasteiger partial charge >= 0.3 is 12.0 Å². The summed E-state index contributed by atoms with van der Waals surface area (Å²) in [4.78, 5) is 24.6. The maximum absolute atomic E-state index is 12.0. The number of rotatable bonds is 7. The molecule has 0 aromatic carbocycles. The second-order valence-electron chi connectivity index (χ2n) is 5.04. The summed E-state index contributed by atoms with van der Waals surface area (Å²) < 4.78 is 0. The standard InChI is InChI=1S/C12H22N2O4/c1-8(2)14(7-9-3-4-9)12(18)13-10(5-6-15)11(16)17/h8-10,15H,3-7H2,1-2H3,(H,13,18)(H,16,17). The first-order valence-electron chi connectivity index (χ1n) is 6.36. The first-order valence-corrected chi connectivity index (χ1v) is 6.36. The van der Waals surface area contributed by atoms with Gasteiger partial charge in [0.1, 0.15) is 6.04 Å². The first-order chi connectivity index (χ1) is 8.45. The Morgan fingerprint density at radius 3 is 2.39 bits per heavy atom. The van der Waals surface area contributed by atoms with Crippen LogP contribution in [0.3, 0.4) is 0 Å². The number of nitrogens with one attached hydrogen (secondary N) is 1. The molecule has 6 nitrogen and oxygen atoms in total. The maximum atomic E-state index is 12.0. The fraction of sp³-hybridized carbons (Fsp3) is 0.833. The van der Waals surface area contributed by atoms with Crippen LogP contribution in [0.2, 0.25) is 0 Å². The zero-order chi connectivity index (χ0) is 13.7. The molecule has 1 saturated carbocycles. The molecular weight excluding hydrogens is 236 g/mol. The van der Waals surface area contributed by atoms with Gasteiger partial charge in [-0.05, 0) is 32.6 Å². The molecule has 0 aromatic rings. The van der Waals surface area contributed by atoms with Crippen molar-refractivity contribution in [2.45, 2.75) is 45.2 Å². The average Bonchev–Trinajstić information content (AvgIpc) is 3.08. The van der Waals surface area contributed by atoms with Crippen molar-refractivity contribution in [3.8, 4) is 0 Å². The van der Waals surface area contributed by atoms with Gasteiger partial charge in [-0.25, -0.2) is 9.59 Å². The van der Waals surface area contributed by atoms with Gasteiger partial charge in [-0.15, -0.1) is 0 Å². The highest BCUT2D eigenvalue weighted by molar-refractivity contribution is 5.82. The highest BCUT2D eigenvalue weighted by Gasteiger charge is 2.30. The van der Waals surface area contributed by atoms with Crippen molar-refractivity contribution < 1.29 is 19.8 Å². The molecule has 1 rings (SSSR count). The monoisotopic (exact) mass is 258 g/mol. The lowest BCUT2D eigenvalue weighted by molar-refractivity contribution is -0.139. The van der Waals surface area contributed by atoms with Crippen LogP contribution < -0.4 is 5.32 Å². The first kappa shape index (κ1) is 14.8. The quantitative estimate of drug-likeness (QED) is 0.625. The van der Waals surface area contributed by atoms with Gasteiger partial charge in [0.05, 0.1) is 0 Å². The molecular formula is C12H22N2O4. The van der Waals surface area contributed by atoms with Crippen LogP contribution in [-0.2, 0) is 4.79 Å². The molecule has 0 heterocycles. The number of carbonyl (C=O) groups excluding carboxylic acids is 1. The lowest BCUT2D eigenvalue weighted by Gasteiger charge is -2.28. The number of hydrogen-bond donors (Lipinski definition) is 3. The van der Waals surface area contributed by atoms with Crippen LogP contribution in [0.4, 0.5) is 4.79 Å². The van der Waals surface area contributed by atoms with Crippen molar-refractivity contribution in [3.05, 3.63) is 0 Å². The van der Waals surface area contributed by atoms with Crippen LogP contribution in [-0.4, -0.2) is 52.3 Å². The summed E-state index contributed by atoms with van der Waals surface area (Å²) >= 11 is 0. The Morgan fingerprint density at radius 1 is 1.39 bits per heavy atom. The summed E-state index contributed by atoms with van der Waals surface area (Å²) in [6.07, 6.45) is 2.29. The van der Waals surface area contributed by atoms with E-state index in [2.05, 4.69) is 5.32 Å².